The van der Waals surface area contributed by atoms with Crippen LogP contribution in [0, 0.1) is 0 Å². The zero-order chi connectivity index (χ0) is 16.9. The van der Waals surface area contributed by atoms with Crippen molar-refractivity contribution in [2.45, 2.75) is 19.6 Å². The highest BCUT2D eigenvalue weighted by molar-refractivity contribution is 5.97. The highest BCUT2D eigenvalue weighted by Gasteiger charge is 2.39. The highest BCUT2D eigenvalue weighted by Crippen LogP contribution is 2.34. The van der Waals surface area contributed by atoms with Crippen molar-refractivity contribution in [1.82, 2.24) is 4.98 Å². The standard InChI is InChI=1S/C16H15F3N2O2/c1-2-23-15(22)13-12(8-9-20-14(13)16(17,18)19)21-10-11-6-4-3-5-7-11/h3-9H,2,10H2,1H3,(H,20,21). The number of rotatable bonds is 5. The lowest BCUT2D eigenvalue weighted by Crippen LogP contribution is -2.19. The monoisotopic (exact) mass is 324 g/mol. The first-order chi connectivity index (χ1) is 10.9. The van der Waals surface area contributed by atoms with Gasteiger partial charge in [0.2, 0.25) is 0 Å². The Labute approximate surface area is 131 Å². The summed E-state index contributed by atoms with van der Waals surface area (Å²) in [7, 11) is 0. The second-order valence-corrected chi connectivity index (χ2v) is 4.64. The van der Waals surface area contributed by atoms with E-state index < -0.39 is 23.4 Å². The van der Waals surface area contributed by atoms with Crippen LogP contribution in [0.3, 0.4) is 0 Å². The highest BCUT2D eigenvalue weighted by atomic mass is 19.4. The van der Waals surface area contributed by atoms with Crippen molar-refractivity contribution in [3.63, 3.8) is 0 Å². The van der Waals surface area contributed by atoms with Gasteiger partial charge in [-0.3, -0.25) is 4.98 Å². The summed E-state index contributed by atoms with van der Waals surface area (Å²) in [5, 5.41) is 2.84. The Morgan fingerprint density at radius 3 is 2.52 bits per heavy atom. The van der Waals surface area contributed by atoms with Crippen molar-refractivity contribution in [2.75, 3.05) is 11.9 Å². The van der Waals surface area contributed by atoms with Crippen LogP contribution in [0.5, 0.6) is 0 Å². The third kappa shape index (κ3) is 4.21. The van der Waals surface area contributed by atoms with Crippen LogP contribution in [0.1, 0.15) is 28.5 Å². The fraction of sp³-hybridized carbons (Fsp3) is 0.250. The van der Waals surface area contributed by atoms with E-state index in [1.165, 1.54) is 13.0 Å². The van der Waals surface area contributed by atoms with Crippen LogP contribution in [0.25, 0.3) is 0 Å². The predicted octanol–water partition coefficient (Wildman–Crippen LogP) is 3.89. The Morgan fingerprint density at radius 1 is 1.22 bits per heavy atom. The number of pyridine rings is 1. The van der Waals surface area contributed by atoms with Crippen molar-refractivity contribution >= 4 is 11.7 Å². The van der Waals surface area contributed by atoms with Gasteiger partial charge in [-0.15, -0.1) is 0 Å². The minimum atomic E-state index is -4.74. The SMILES string of the molecule is CCOC(=O)c1c(NCc2ccccc2)ccnc1C(F)(F)F. The first kappa shape index (κ1) is 16.8. The number of benzene rings is 1. The minimum Gasteiger partial charge on any atom is -0.462 e. The molecule has 0 amide bonds. The third-order valence-electron chi connectivity index (χ3n) is 3.02. The van der Waals surface area contributed by atoms with E-state index in [0.29, 0.717) is 0 Å². The van der Waals surface area contributed by atoms with Gasteiger partial charge in [0.05, 0.1) is 12.3 Å². The molecule has 2 rings (SSSR count). The predicted molar refractivity (Wildman–Crippen MR) is 79.0 cm³/mol. The second-order valence-electron chi connectivity index (χ2n) is 4.64. The molecule has 0 saturated carbocycles. The molecule has 1 heterocycles. The summed E-state index contributed by atoms with van der Waals surface area (Å²) in [5.41, 5.74) is -0.950. The number of anilines is 1. The van der Waals surface area contributed by atoms with Crippen molar-refractivity contribution < 1.29 is 22.7 Å². The van der Waals surface area contributed by atoms with Crippen LogP contribution in [0.4, 0.5) is 18.9 Å². The maximum absolute atomic E-state index is 13.1. The molecule has 23 heavy (non-hydrogen) atoms. The van der Waals surface area contributed by atoms with Crippen LogP contribution in [-0.2, 0) is 17.5 Å². The maximum atomic E-state index is 13.1. The maximum Gasteiger partial charge on any atom is 0.434 e. The summed E-state index contributed by atoms with van der Waals surface area (Å²) in [4.78, 5) is 15.2. The molecule has 122 valence electrons. The van der Waals surface area contributed by atoms with E-state index in [9.17, 15) is 18.0 Å². The summed E-state index contributed by atoms with van der Waals surface area (Å²) in [6.07, 6.45) is -3.73. The number of nitrogens with zero attached hydrogens (tertiary/aromatic N) is 1. The number of hydrogen-bond acceptors (Lipinski definition) is 4. The molecule has 0 spiro atoms. The van der Waals surface area contributed by atoms with Gasteiger partial charge in [0.1, 0.15) is 5.56 Å². The summed E-state index contributed by atoms with van der Waals surface area (Å²) in [5.74, 6) is -1.05. The van der Waals surface area contributed by atoms with Crippen LogP contribution in [0.15, 0.2) is 42.6 Å². The Morgan fingerprint density at radius 2 is 1.91 bits per heavy atom. The molecular formula is C16H15F3N2O2. The number of hydrogen-bond donors (Lipinski definition) is 1. The fourth-order valence-corrected chi connectivity index (χ4v) is 2.03. The number of alkyl halides is 3. The van der Waals surface area contributed by atoms with Crippen molar-refractivity contribution in [3.05, 3.63) is 59.4 Å². The molecule has 0 radical (unpaired) electrons. The van der Waals surface area contributed by atoms with Gasteiger partial charge in [-0.05, 0) is 18.6 Å². The zero-order valence-electron chi connectivity index (χ0n) is 12.4. The molecule has 0 unspecified atom stereocenters. The molecule has 4 nitrogen and oxygen atoms in total. The topological polar surface area (TPSA) is 51.2 Å². The van der Waals surface area contributed by atoms with Crippen LogP contribution in [-0.4, -0.2) is 17.6 Å². The Hall–Kier alpha value is -2.57. The number of aromatic nitrogens is 1. The minimum absolute atomic E-state index is 0.0247. The molecule has 1 aromatic carbocycles. The molecule has 7 heteroatoms. The van der Waals surface area contributed by atoms with Crippen molar-refractivity contribution in [1.29, 1.82) is 0 Å². The smallest absolute Gasteiger partial charge is 0.434 e. The van der Waals surface area contributed by atoms with Gasteiger partial charge >= 0.3 is 12.1 Å². The van der Waals surface area contributed by atoms with Crippen LogP contribution >= 0.6 is 0 Å². The zero-order valence-corrected chi connectivity index (χ0v) is 12.4. The molecule has 0 aliphatic rings. The lowest BCUT2D eigenvalue weighted by Gasteiger charge is -2.16. The molecule has 0 atom stereocenters. The van der Waals surface area contributed by atoms with Crippen molar-refractivity contribution in [2.24, 2.45) is 0 Å². The van der Waals surface area contributed by atoms with E-state index >= 15 is 0 Å². The van der Waals surface area contributed by atoms with Crippen LogP contribution < -0.4 is 5.32 Å². The van der Waals surface area contributed by atoms with E-state index in [1.54, 1.807) is 0 Å². The number of carbonyl (C=O) groups excluding carboxylic acids is 1. The van der Waals surface area contributed by atoms with Crippen molar-refractivity contribution in [3.8, 4) is 0 Å². The number of halogens is 3. The van der Waals surface area contributed by atoms with Gasteiger partial charge in [-0.2, -0.15) is 13.2 Å². The summed E-state index contributed by atoms with van der Waals surface area (Å²) in [6.45, 7) is 1.77. The molecular weight excluding hydrogens is 309 g/mol. The lowest BCUT2D eigenvalue weighted by molar-refractivity contribution is -0.141. The first-order valence-electron chi connectivity index (χ1n) is 6.94. The Kier molecular flexibility index (Phi) is 5.20. The summed E-state index contributed by atoms with van der Waals surface area (Å²) >= 11 is 0. The van der Waals surface area contributed by atoms with Gasteiger partial charge in [0.15, 0.2) is 5.69 Å². The fourth-order valence-electron chi connectivity index (χ4n) is 2.03. The Bertz CT molecular complexity index is 673. The first-order valence-corrected chi connectivity index (χ1v) is 6.94. The van der Waals surface area contributed by atoms with Gasteiger partial charge in [-0.25, -0.2) is 4.79 Å². The van der Waals surface area contributed by atoms with E-state index in [1.807, 2.05) is 30.3 Å². The molecule has 0 saturated heterocycles. The van der Waals surface area contributed by atoms with Gasteiger partial charge in [0.25, 0.3) is 0 Å². The van der Waals surface area contributed by atoms with E-state index in [-0.39, 0.29) is 18.8 Å². The molecule has 0 aliphatic carbocycles. The molecule has 1 N–H and O–H groups in total. The third-order valence-corrected chi connectivity index (χ3v) is 3.02. The molecule has 0 aliphatic heterocycles. The number of nitrogens with one attached hydrogen (secondary N) is 1. The van der Waals surface area contributed by atoms with Crippen LogP contribution in [0.2, 0.25) is 0 Å². The van der Waals surface area contributed by atoms with Gasteiger partial charge < -0.3 is 10.1 Å². The number of carbonyl (C=O) groups is 1. The normalized spacial score (nSPS) is 11.1. The molecule has 0 fully saturated rings. The van der Waals surface area contributed by atoms with E-state index in [2.05, 4.69) is 10.3 Å². The molecule has 1 aromatic heterocycles. The summed E-state index contributed by atoms with van der Waals surface area (Å²) < 4.78 is 44.0. The Balaban J connectivity index is 2.36. The van der Waals surface area contributed by atoms with Gasteiger partial charge in [-0.1, -0.05) is 30.3 Å². The lowest BCUT2D eigenvalue weighted by atomic mass is 10.1. The van der Waals surface area contributed by atoms with E-state index in [4.69, 9.17) is 4.74 Å². The molecule has 0 bridgehead atoms. The number of esters is 1. The quantitative estimate of drug-likeness (QED) is 0.848. The average Bonchev–Trinajstić information content (AvgIpc) is 2.53. The average molecular weight is 324 g/mol. The van der Waals surface area contributed by atoms with Gasteiger partial charge in [0, 0.05) is 12.7 Å². The molecule has 2 aromatic rings. The number of ether oxygens (including phenoxy) is 1. The van der Waals surface area contributed by atoms with E-state index in [0.717, 1.165) is 11.8 Å². The summed E-state index contributed by atoms with van der Waals surface area (Å²) in [6, 6.07) is 10.4. The largest absolute Gasteiger partial charge is 0.462 e. The second kappa shape index (κ2) is 7.13.